The molecule has 5 heteroatoms. The van der Waals surface area contributed by atoms with Gasteiger partial charge in [-0.15, -0.1) is 0 Å². The summed E-state index contributed by atoms with van der Waals surface area (Å²) in [5.41, 5.74) is 5.40. The fraction of sp³-hybridized carbons (Fsp3) is 0.200. The molecule has 0 spiro atoms. The van der Waals surface area contributed by atoms with Gasteiger partial charge in [0.15, 0.2) is 0 Å². The number of carbonyl (C=O) groups excluding carboxylic acids is 2. The highest BCUT2D eigenvalue weighted by Crippen LogP contribution is 2.30. The number of aryl methyl sites for hydroxylation is 1. The average molecular weight is 400 g/mol. The van der Waals surface area contributed by atoms with Crippen molar-refractivity contribution >= 4 is 17.5 Å². The quantitative estimate of drug-likeness (QED) is 0.700. The van der Waals surface area contributed by atoms with Crippen LogP contribution in [0.5, 0.6) is 5.75 Å². The molecular weight excluding hydrogens is 376 g/mol. The van der Waals surface area contributed by atoms with Crippen LogP contribution in [0.2, 0.25) is 0 Å². The van der Waals surface area contributed by atoms with Gasteiger partial charge in [0.25, 0.3) is 11.8 Å². The number of carbonyl (C=O) groups is 2. The molecule has 0 aromatic heterocycles. The number of amides is 2. The van der Waals surface area contributed by atoms with Crippen molar-refractivity contribution in [2.24, 2.45) is 0 Å². The van der Waals surface area contributed by atoms with Crippen molar-refractivity contribution in [3.05, 3.63) is 94.5 Å². The predicted molar refractivity (Wildman–Crippen MR) is 117 cm³/mol. The molecule has 2 amide bonds. The summed E-state index contributed by atoms with van der Waals surface area (Å²) < 4.78 is 5.17. The Morgan fingerprint density at radius 2 is 1.67 bits per heavy atom. The summed E-state index contributed by atoms with van der Waals surface area (Å²) in [5, 5.41) is 2.96. The van der Waals surface area contributed by atoms with E-state index in [-0.39, 0.29) is 11.8 Å². The standard InChI is InChI=1S/C25H24N2O3/c1-17-3-6-20(7-4-17)24(28)26-16-18-5-8-19-13-14-27(23(19)15-18)25(29)21-9-11-22(30-2)12-10-21/h3-12,15H,13-14,16H2,1-2H3,(H,26,28). The molecule has 3 aromatic rings. The van der Waals surface area contributed by atoms with Gasteiger partial charge in [0.2, 0.25) is 0 Å². The van der Waals surface area contributed by atoms with Crippen LogP contribution in [0.4, 0.5) is 5.69 Å². The van der Waals surface area contributed by atoms with Crippen LogP contribution >= 0.6 is 0 Å². The molecule has 0 saturated heterocycles. The second-order valence-corrected chi connectivity index (χ2v) is 7.45. The number of ether oxygens (including phenoxy) is 1. The zero-order chi connectivity index (χ0) is 21.1. The summed E-state index contributed by atoms with van der Waals surface area (Å²) in [6.07, 6.45) is 0.827. The lowest BCUT2D eigenvalue weighted by atomic mass is 10.1. The minimum Gasteiger partial charge on any atom is -0.497 e. The van der Waals surface area contributed by atoms with E-state index in [0.717, 1.165) is 34.5 Å². The molecule has 4 rings (SSSR count). The Hall–Kier alpha value is -3.60. The number of benzene rings is 3. The van der Waals surface area contributed by atoms with Gasteiger partial charge >= 0.3 is 0 Å². The number of anilines is 1. The van der Waals surface area contributed by atoms with Gasteiger partial charge in [0.1, 0.15) is 5.75 Å². The fourth-order valence-electron chi connectivity index (χ4n) is 3.62. The molecule has 0 unspecified atom stereocenters. The van der Waals surface area contributed by atoms with Crippen LogP contribution in [-0.4, -0.2) is 25.5 Å². The zero-order valence-electron chi connectivity index (χ0n) is 17.1. The Morgan fingerprint density at radius 3 is 2.37 bits per heavy atom. The van der Waals surface area contributed by atoms with Gasteiger partial charge in [-0.2, -0.15) is 0 Å². The lowest BCUT2D eigenvalue weighted by Crippen LogP contribution is -2.29. The smallest absolute Gasteiger partial charge is 0.258 e. The maximum atomic E-state index is 13.0. The Labute approximate surface area is 176 Å². The fourth-order valence-corrected chi connectivity index (χ4v) is 3.62. The summed E-state index contributed by atoms with van der Waals surface area (Å²) in [7, 11) is 1.60. The van der Waals surface area contributed by atoms with Gasteiger partial charge in [-0.3, -0.25) is 9.59 Å². The minimum absolute atomic E-state index is 0.0303. The highest BCUT2D eigenvalue weighted by molar-refractivity contribution is 6.07. The van der Waals surface area contributed by atoms with E-state index in [1.807, 2.05) is 54.3 Å². The molecule has 1 N–H and O–H groups in total. The van der Waals surface area contributed by atoms with E-state index >= 15 is 0 Å². The number of hydrogen-bond acceptors (Lipinski definition) is 3. The van der Waals surface area contributed by atoms with Crippen molar-refractivity contribution in [1.82, 2.24) is 5.32 Å². The van der Waals surface area contributed by atoms with Crippen LogP contribution in [0.15, 0.2) is 66.7 Å². The molecule has 0 saturated carbocycles. The molecule has 3 aromatic carbocycles. The maximum absolute atomic E-state index is 13.0. The number of hydrogen-bond donors (Lipinski definition) is 1. The molecule has 0 radical (unpaired) electrons. The van der Waals surface area contributed by atoms with Gasteiger partial charge in [0.05, 0.1) is 7.11 Å². The maximum Gasteiger partial charge on any atom is 0.258 e. The number of nitrogens with zero attached hydrogens (tertiary/aromatic N) is 1. The minimum atomic E-state index is -0.110. The monoisotopic (exact) mass is 400 g/mol. The lowest BCUT2D eigenvalue weighted by Gasteiger charge is -2.18. The van der Waals surface area contributed by atoms with Crippen LogP contribution in [0.1, 0.15) is 37.4 Å². The van der Waals surface area contributed by atoms with E-state index in [9.17, 15) is 9.59 Å². The van der Waals surface area contributed by atoms with Gasteiger partial charge in [-0.25, -0.2) is 0 Å². The number of nitrogens with one attached hydrogen (secondary N) is 1. The summed E-state index contributed by atoms with van der Waals surface area (Å²) in [5.74, 6) is 0.582. The predicted octanol–water partition coefficient (Wildman–Crippen LogP) is 4.14. The van der Waals surface area contributed by atoms with Crippen molar-refractivity contribution in [2.75, 3.05) is 18.6 Å². The molecule has 0 aliphatic carbocycles. The third kappa shape index (κ3) is 4.06. The van der Waals surface area contributed by atoms with Crippen LogP contribution in [0, 0.1) is 6.92 Å². The van der Waals surface area contributed by atoms with Crippen molar-refractivity contribution in [3.63, 3.8) is 0 Å². The normalized spacial score (nSPS) is 12.4. The van der Waals surface area contributed by atoms with Crippen LogP contribution < -0.4 is 15.0 Å². The Balaban J connectivity index is 1.47. The second kappa shape index (κ2) is 8.41. The Bertz CT molecular complexity index is 1070. The van der Waals surface area contributed by atoms with Crippen molar-refractivity contribution in [1.29, 1.82) is 0 Å². The molecule has 5 nitrogen and oxygen atoms in total. The Morgan fingerprint density at radius 1 is 0.967 bits per heavy atom. The first kappa shape index (κ1) is 19.7. The molecule has 30 heavy (non-hydrogen) atoms. The van der Waals surface area contributed by atoms with Crippen LogP contribution in [-0.2, 0) is 13.0 Å². The first-order valence-corrected chi connectivity index (χ1v) is 9.98. The highest BCUT2D eigenvalue weighted by atomic mass is 16.5. The van der Waals surface area contributed by atoms with E-state index in [4.69, 9.17) is 4.74 Å². The number of rotatable bonds is 5. The van der Waals surface area contributed by atoms with Gasteiger partial charge in [0, 0.05) is 29.9 Å². The van der Waals surface area contributed by atoms with Crippen molar-refractivity contribution in [2.45, 2.75) is 19.9 Å². The molecule has 152 valence electrons. The zero-order valence-corrected chi connectivity index (χ0v) is 17.1. The second-order valence-electron chi connectivity index (χ2n) is 7.45. The van der Waals surface area contributed by atoms with Crippen molar-refractivity contribution in [3.8, 4) is 5.75 Å². The van der Waals surface area contributed by atoms with E-state index in [0.29, 0.717) is 24.2 Å². The molecule has 0 atom stereocenters. The SMILES string of the molecule is COc1ccc(C(=O)N2CCc3ccc(CNC(=O)c4ccc(C)cc4)cc32)cc1. The lowest BCUT2D eigenvalue weighted by molar-refractivity contribution is 0.0949. The average Bonchev–Trinajstić information content (AvgIpc) is 3.20. The van der Waals surface area contributed by atoms with Gasteiger partial charge in [-0.05, 0) is 66.9 Å². The first-order valence-electron chi connectivity index (χ1n) is 9.98. The van der Waals surface area contributed by atoms with Gasteiger partial charge < -0.3 is 15.0 Å². The van der Waals surface area contributed by atoms with Crippen LogP contribution in [0.25, 0.3) is 0 Å². The third-order valence-corrected chi connectivity index (χ3v) is 5.39. The van der Waals surface area contributed by atoms with Gasteiger partial charge in [-0.1, -0.05) is 29.8 Å². The van der Waals surface area contributed by atoms with Crippen LogP contribution in [0.3, 0.4) is 0 Å². The van der Waals surface area contributed by atoms with E-state index < -0.39 is 0 Å². The summed E-state index contributed by atoms with van der Waals surface area (Å²) in [6.45, 7) is 3.05. The summed E-state index contributed by atoms with van der Waals surface area (Å²) in [4.78, 5) is 27.2. The van der Waals surface area contributed by atoms with E-state index in [2.05, 4.69) is 5.32 Å². The third-order valence-electron chi connectivity index (χ3n) is 5.39. The van der Waals surface area contributed by atoms with Crippen molar-refractivity contribution < 1.29 is 14.3 Å². The highest BCUT2D eigenvalue weighted by Gasteiger charge is 2.26. The Kier molecular flexibility index (Phi) is 5.53. The van der Waals surface area contributed by atoms with E-state index in [1.165, 1.54) is 0 Å². The molecule has 0 bridgehead atoms. The van der Waals surface area contributed by atoms with E-state index in [1.54, 1.807) is 31.4 Å². The number of methoxy groups -OCH3 is 1. The molecule has 1 aliphatic heterocycles. The topological polar surface area (TPSA) is 58.6 Å². The largest absolute Gasteiger partial charge is 0.497 e. The summed E-state index contributed by atoms with van der Waals surface area (Å²) >= 11 is 0. The molecule has 1 heterocycles. The summed E-state index contributed by atoms with van der Waals surface area (Å²) in [6, 6.07) is 20.7. The first-order chi connectivity index (χ1) is 14.5. The molecular formula is C25H24N2O3. The molecule has 1 aliphatic rings. The molecule has 0 fully saturated rings. The number of fused-ring (bicyclic) bond motifs is 1.